The summed E-state index contributed by atoms with van der Waals surface area (Å²) in [6, 6.07) is 15.5. The van der Waals surface area contributed by atoms with Crippen LogP contribution in [0.4, 0.5) is 8.78 Å². The highest BCUT2D eigenvalue weighted by atomic mass is 19.3. The Kier molecular flexibility index (Phi) is 12.3. The average molecular weight is 551 g/mol. The first-order valence-electron chi connectivity index (χ1n) is 16.3. The van der Waals surface area contributed by atoms with Gasteiger partial charge in [-0.2, -0.15) is 8.78 Å². The van der Waals surface area contributed by atoms with Gasteiger partial charge in [0.05, 0.1) is 12.2 Å². The van der Waals surface area contributed by atoms with Crippen LogP contribution < -0.4 is 0 Å². The van der Waals surface area contributed by atoms with Gasteiger partial charge in [-0.25, -0.2) is 0 Å². The van der Waals surface area contributed by atoms with E-state index in [2.05, 4.69) is 50.3 Å². The second-order valence-electron chi connectivity index (χ2n) is 12.5. The predicted molar refractivity (Wildman–Crippen MR) is 164 cm³/mol. The predicted octanol–water partition coefficient (Wildman–Crippen LogP) is 11.5. The summed E-state index contributed by atoms with van der Waals surface area (Å²) in [4.78, 5) is 0. The van der Waals surface area contributed by atoms with Gasteiger partial charge in [0.25, 0.3) is 0 Å². The largest absolute Gasteiger partial charge is 0.383 e. The molecule has 2 saturated carbocycles. The number of hydrogen-bond acceptors (Lipinski definition) is 1. The van der Waals surface area contributed by atoms with Crippen molar-refractivity contribution in [2.45, 2.75) is 128 Å². The fourth-order valence-corrected chi connectivity index (χ4v) is 7.02. The molecule has 4 rings (SSSR count). The smallest absolute Gasteiger partial charge is 0.316 e. The lowest BCUT2D eigenvalue weighted by molar-refractivity contribution is -0.248. The highest BCUT2D eigenvalue weighted by molar-refractivity contribution is 5.28. The highest BCUT2D eigenvalue weighted by Gasteiger charge is 2.33. The summed E-state index contributed by atoms with van der Waals surface area (Å²) in [5, 5.41) is 0. The molecule has 220 valence electrons. The van der Waals surface area contributed by atoms with Crippen molar-refractivity contribution in [2.75, 3.05) is 6.61 Å². The first-order valence-corrected chi connectivity index (χ1v) is 16.3. The van der Waals surface area contributed by atoms with Crippen molar-refractivity contribution < 1.29 is 13.5 Å². The van der Waals surface area contributed by atoms with E-state index in [4.69, 9.17) is 4.74 Å². The molecule has 2 fully saturated rings. The Bertz CT molecular complexity index is 993. The van der Waals surface area contributed by atoms with Crippen LogP contribution in [0.5, 0.6) is 0 Å². The molecule has 1 nitrogen and oxygen atoms in total. The van der Waals surface area contributed by atoms with Crippen LogP contribution in [0, 0.1) is 11.8 Å². The Morgan fingerprint density at radius 1 is 0.750 bits per heavy atom. The second-order valence-corrected chi connectivity index (χ2v) is 12.5. The molecule has 2 aliphatic carbocycles. The van der Waals surface area contributed by atoms with Crippen molar-refractivity contribution in [1.29, 1.82) is 0 Å². The molecule has 2 aromatic carbocycles. The zero-order chi connectivity index (χ0) is 28.2. The zero-order valence-electron chi connectivity index (χ0n) is 25.1. The van der Waals surface area contributed by atoms with Crippen molar-refractivity contribution in [2.24, 2.45) is 11.8 Å². The molecule has 0 spiro atoms. The van der Waals surface area contributed by atoms with Crippen molar-refractivity contribution in [1.82, 2.24) is 0 Å². The Morgan fingerprint density at radius 3 is 1.93 bits per heavy atom. The normalized spacial score (nSPS) is 24.0. The Labute approximate surface area is 242 Å². The summed E-state index contributed by atoms with van der Waals surface area (Å²) in [6.45, 7) is 4.36. The molecule has 0 aromatic heterocycles. The number of unbranched alkanes of at least 4 members (excludes halogenated alkanes) is 4. The molecule has 3 heteroatoms. The molecule has 0 heterocycles. The Morgan fingerprint density at radius 2 is 1.32 bits per heavy atom. The fourth-order valence-electron chi connectivity index (χ4n) is 7.02. The van der Waals surface area contributed by atoms with Crippen LogP contribution in [0.3, 0.4) is 0 Å². The van der Waals surface area contributed by atoms with Gasteiger partial charge in [0.1, 0.15) is 0 Å². The minimum atomic E-state index is -3.27. The van der Waals surface area contributed by atoms with E-state index >= 15 is 0 Å². The quantitative estimate of drug-likeness (QED) is 0.168. The van der Waals surface area contributed by atoms with Crippen LogP contribution in [0.2, 0.25) is 0 Å². The van der Waals surface area contributed by atoms with Crippen molar-refractivity contribution >= 4 is 0 Å². The highest BCUT2D eigenvalue weighted by Crippen LogP contribution is 2.39. The van der Waals surface area contributed by atoms with E-state index < -0.39 is 6.11 Å². The topological polar surface area (TPSA) is 9.23 Å². The Balaban J connectivity index is 1.17. The molecule has 2 aromatic rings. The third kappa shape index (κ3) is 9.26. The van der Waals surface area contributed by atoms with E-state index in [0.717, 1.165) is 24.3 Å². The minimum Gasteiger partial charge on any atom is -0.316 e. The molecular weight excluding hydrogens is 498 g/mol. The van der Waals surface area contributed by atoms with Crippen molar-refractivity contribution in [3.8, 4) is 0 Å². The first kappa shape index (κ1) is 30.9. The van der Waals surface area contributed by atoms with Gasteiger partial charge in [-0.15, -0.1) is 0 Å². The van der Waals surface area contributed by atoms with Gasteiger partial charge >= 0.3 is 6.11 Å². The van der Waals surface area contributed by atoms with Crippen LogP contribution in [0.25, 0.3) is 0 Å². The van der Waals surface area contributed by atoms with Gasteiger partial charge in [0.15, 0.2) is 0 Å². The number of hydrogen-bond donors (Lipinski definition) is 0. The molecule has 0 N–H and O–H groups in total. The average Bonchev–Trinajstić information content (AvgIpc) is 2.98. The van der Waals surface area contributed by atoms with Gasteiger partial charge in [-0.05, 0) is 105 Å². The summed E-state index contributed by atoms with van der Waals surface area (Å²) < 4.78 is 34.7. The maximum atomic E-state index is 14.8. The molecule has 0 radical (unpaired) electrons. The van der Waals surface area contributed by atoms with Crippen molar-refractivity contribution in [3.05, 3.63) is 82.9 Å². The molecule has 0 amide bonds. The summed E-state index contributed by atoms with van der Waals surface area (Å²) >= 11 is 0. The maximum absolute atomic E-state index is 14.8. The monoisotopic (exact) mass is 550 g/mol. The number of rotatable bonds is 14. The van der Waals surface area contributed by atoms with E-state index in [0.29, 0.717) is 24.2 Å². The lowest BCUT2D eigenvalue weighted by Crippen LogP contribution is -2.20. The summed E-state index contributed by atoms with van der Waals surface area (Å²) in [6.07, 6.45) is 19.8. The molecule has 0 aliphatic heterocycles. The van der Waals surface area contributed by atoms with Crippen molar-refractivity contribution in [3.63, 3.8) is 0 Å². The molecule has 0 bridgehead atoms. The van der Waals surface area contributed by atoms with Crippen LogP contribution >= 0.6 is 0 Å². The molecule has 0 saturated heterocycles. The number of benzene rings is 2. The zero-order valence-corrected chi connectivity index (χ0v) is 25.1. The van der Waals surface area contributed by atoms with Gasteiger partial charge in [0, 0.05) is 0 Å². The van der Waals surface area contributed by atoms with E-state index in [9.17, 15) is 8.78 Å². The standard InChI is InChI=1S/C37H52F2O/c1-3-5-6-7-8-10-30-13-19-32(20-14-30)33-21-15-31(16-22-33)27-28-40-37(38,39)36-25-23-35(24-26-36)34-17-11-29(9-4-2)12-18-34/h4,9,15-16,21-26,29-30,32,34H,3,5-8,10-14,17-20,27-28H2,1-2H3. The van der Waals surface area contributed by atoms with E-state index in [1.165, 1.54) is 88.2 Å². The second kappa shape index (κ2) is 15.9. The third-order valence-electron chi connectivity index (χ3n) is 9.64. The van der Waals surface area contributed by atoms with Crippen LogP contribution in [0.15, 0.2) is 60.7 Å². The maximum Gasteiger partial charge on any atom is 0.383 e. The first-order chi connectivity index (χ1) is 19.5. The van der Waals surface area contributed by atoms with E-state index in [1.54, 1.807) is 12.1 Å². The van der Waals surface area contributed by atoms with E-state index in [1.807, 2.05) is 12.1 Å². The minimum absolute atomic E-state index is 0.00637. The molecule has 2 aliphatic rings. The van der Waals surface area contributed by atoms with Gasteiger partial charge in [0.2, 0.25) is 0 Å². The summed E-state index contributed by atoms with van der Waals surface area (Å²) in [5.74, 6) is 2.71. The summed E-state index contributed by atoms with van der Waals surface area (Å²) in [5.41, 5.74) is 3.59. The lowest BCUT2D eigenvalue weighted by atomic mass is 9.77. The fraction of sp³-hybridized carbons (Fsp3) is 0.622. The third-order valence-corrected chi connectivity index (χ3v) is 9.64. The van der Waals surface area contributed by atoms with Crippen LogP contribution in [-0.2, 0) is 17.3 Å². The molecule has 40 heavy (non-hydrogen) atoms. The van der Waals surface area contributed by atoms with Crippen LogP contribution in [-0.4, -0.2) is 6.61 Å². The number of halogens is 2. The number of alkyl halides is 2. The number of allylic oxidation sites excluding steroid dienone is 2. The number of ether oxygens (including phenoxy) is 1. The molecular formula is C37H52F2O. The lowest BCUT2D eigenvalue weighted by Gasteiger charge is -2.29. The molecule has 0 atom stereocenters. The van der Waals surface area contributed by atoms with E-state index in [-0.39, 0.29) is 12.2 Å². The summed E-state index contributed by atoms with van der Waals surface area (Å²) in [7, 11) is 0. The van der Waals surface area contributed by atoms with Crippen LogP contribution in [0.1, 0.15) is 138 Å². The van der Waals surface area contributed by atoms with Gasteiger partial charge in [-0.1, -0.05) is 106 Å². The Hall–Kier alpha value is -2.00. The molecule has 0 unspecified atom stereocenters. The van der Waals surface area contributed by atoms with Gasteiger partial charge < -0.3 is 4.74 Å². The van der Waals surface area contributed by atoms with Gasteiger partial charge in [-0.3, -0.25) is 0 Å². The SMILES string of the molecule is CC=CC1CCC(c2ccc(C(F)(F)OCCc3ccc(C4CCC(CCCCCCC)CC4)cc3)cc2)CC1.